The third kappa shape index (κ3) is 4.36. The molecule has 0 saturated carbocycles. The van der Waals surface area contributed by atoms with Gasteiger partial charge in [0.15, 0.2) is 5.13 Å². The highest BCUT2D eigenvalue weighted by Crippen LogP contribution is 2.24. The second kappa shape index (κ2) is 8.11. The van der Waals surface area contributed by atoms with Crippen molar-refractivity contribution in [2.75, 3.05) is 31.6 Å². The molecule has 0 spiro atoms. The van der Waals surface area contributed by atoms with E-state index < -0.39 is 5.97 Å². The van der Waals surface area contributed by atoms with Crippen molar-refractivity contribution in [2.45, 2.75) is 12.8 Å². The number of nitrogens with zero attached hydrogens (tertiary/aromatic N) is 2. The van der Waals surface area contributed by atoms with E-state index in [1.807, 2.05) is 11.6 Å². The van der Waals surface area contributed by atoms with Gasteiger partial charge >= 0.3 is 5.97 Å². The molecule has 2 heterocycles. The van der Waals surface area contributed by atoms with Gasteiger partial charge in [-0.05, 0) is 43.0 Å². The number of thiazole rings is 1. The molecule has 6 nitrogen and oxygen atoms in total. The topological polar surface area (TPSA) is 71.5 Å². The van der Waals surface area contributed by atoms with Crippen LogP contribution >= 0.6 is 11.3 Å². The number of hydrogen-bond acceptors (Lipinski definition) is 6. The molecule has 1 amide bonds. The number of piperidine rings is 1. The fraction of sp³-hybridized carbons (Fsp3) is 0.389. The van der Waals surface area contributed by atoms with E-state index in [1.165, 1.54) is 7.11 Å². The molecule has 1 aliphatic heterocycles. The highest BCUT2D eigenvalue weighted by Gasteiger charge is 2.22. The van der Waals surface area contributed by atoms with Gasteiger partial charge in [0.05, 0.1) is 12.7 Å². The summed E-state index contributed by atoms with van der Waals surface area (Å²) in [5, 5.41) is 6.03. The second-order valence-electron chi connectivity index (χ2n) is 6.05. The Bertz CT molecular complexity index is 716. The minimum absolute atomic E-state index is 0.122. The Balaban J connectivity index is 1.52. The summed E-state index contributed by atoms with van der Waals surface area (Å²) in [5.41, 5.74) is 0.977. The van der Waals surface area contributed by atoms with Crippen molar-refractivity contribution in [3.63, 3.8) is 0 Å². The molecule has 1 unspecified atom stereocenters. The first-order chi connectivity index (χ1) is 12.2. The smallest absolute Gasteiger partial charge is 0.337 e. The monoisotopic (exact) mass is 359 g/mol. The maximum atomic E-state index is 12.3. The molecule has 25 heavy (non-hydrogen) atoms. The summed E-state index contributed by atoms with van der Waals surface area (Å²) in [4.78, 5) is 30.4. The summed E-state index contributed by atoms with van der Waals surface area (Å²) >= 11 is 1.65. The molecule has 1 aromatic heterocycles. The number of carbonyl (C=O) groups is 2. The maximum absolute atomic E-state index is 12.3. The molecule has 1 aromatic carbocycles. The van der Waals surface area contributed by atoms with E-state index >= 15 is 0 Å². The zero-order chi connectivity index (χ0) is 17.6. The van der Waals surface area contributed by atoms with E-state index in [4.69, 9.17) is 0 Å². The number of carbonyl (C=O) groups excluding carboxylic acids is 2. The van der Waals surface area contributed by atoms with Crippen molar-refractivity contribution in [2.24, 2.45) is 5.92 Å². The fourth-order valence-electron chi connectivity index (χ4n) is 2.99. The fourth-order valence-corrected chi connectivity index (χ4v) is 3.67. The first-order valence-electron chi connectivity index (χ1n) is 8.28. The average molecular weight is 359 g/mol. The van der Waals surface area contributed by atoms with Crippen LogP contribution in [0.2, 0.25) is 0 Å². The largest absolute Gasteiger partial charge is 0.465 e. The number of rotatable bonds is 5. The van der Waals surface area contributed by atoms with Crippen LogP contribution in [0.15, 0.2) is 35.8 Å². The molecule has 1 saturated heterocycles. The van der Waals surface area contributed by atoms with Crippen LogP contribution in [0.1, 0.15) is 33.6 Å². The van der Waals surface area contributed by atoms with Crippen molar-refractivity contribution < 1.29 is 14.3 Å². The van der Waals surface area contributed by atoms with Crippen molar-refractivity contribution in [1.29, 1.82) is 0 Å². The van der Waals surface area contributed by atoms with Gasteiger partial charge in [-0.2, -0.15) is 0 Å². The zero-order valence-corrected chi connectivity index (χ0v) is 14.9. The standard InChI is InChI=1S/C18H21N3O3S/c1-24-17(23)15-6-4-14(5-7-15)16(22)20-11-13-3-2-9-21(12-13)18-19-8-10-25-18/h4-8,10,13H,2-3,9,11-12H2,1H3,(H,20,22). The van der Waals surface area contributed by atoms with Gasteiger partial charge in [-0.15, -0.1) is 11.3 Å². The molecule has 3 rings (SSSR count). The quantitative estimate of drug-likeness (QED) is 0.831. The minimum Gasteiger partial charge on any atom is -0.465 e. The molecule has 1 atom stereocenters. The lowest BCUT2D eigenvalue weighted by Crippen LogP contribution is -2.41. The summed E-state index contributed by atoms with van der Waals surface area (Å²) in [6.07, 6.45) is 4.03. The molecular weight excluding hydrogens is 338 g/mol. The number of anilines is 1. The Morgan fingerprint density at radius 1 is 1.32 bits per heavy atom. The Labute approximate surface area is 150 Å². The van der Waals surface area contributed by atoms with Gasteiger partial charge in [-0.1, -0.05) is 0 Å². The molecule has 1 fully saturated rings. The number of hydrogen-bond donors (Lipinski definition) is 1. The van der Waals surface area contributed by atoms with Gasteiger partial charge in [-0.3, -0.25) is 4.79 Å². The summed E-state index contributed by atoms with van der Waals surface area (Å²) in [6.45, 7) is 2.57. The van der Waals surface area contributed by atoms with Gasteiger partial charge in [0.2, 0.25) is 0 Å². The Hall–Kier alpha value is -2.41. The highest BCUT2D eigenvalue weighted by molar-refractivity contribution is 7.13. The van der Waals surface area contributed by atoms with Crippen molar-refractivity contribution >= 4 is 28.3 Å². The maximum Gasteiger partial charge on any atom is 0.337 e. The predicted molar refractivity (Wildman–Crippen MR) is 97.2 cm³/mol. The zero-order valence-electron chi connectivity index (χ0n) is 14.1. The van der Waals surface area contributed by atoms with E-state index in [9.17, 15) is 9.59 Å². The van der Waals surface area contributed by atoms with E-state index in [2.05, 4.69) is 19.9 Å². The van der Waals surface area contributed by atoms with Crippen LogP contribution in [0.5, 0.6) is 0 Å². The van der Waals surface area contributed by atoms with Crippen LogP contribution in [0.25, 0.3) is 0 Å². The van der Waals surface area contributed by atoms with E-state index in [0.29, 0.717) is 23.6 Å². The summed E-state index contributed by atoms with van der Waals surface area (Å²) in [6, 6.07) is 6.49. The summed E-state index contributed by atoms with van der Waals surface area (Å²) in [7, 11) is 1.34. The number of amides is 1. The van der Waals surface area contributed by atoms with E-state index in [0.717, 1.165) is 31.1 Å². The highest BCUT2D eigenvalue weighted by atomic mass is 32.1. The lowest BCUT2D eigenvalue weighted by atomic mass is 9.98. The molecule has 1 aliphatic rings. The predicted octanol–water partition coefficient (Wildman–Crippen LogP) is 2.58. The molecule has 0 radical (unpaired) electrons. The van der Waals surface area contributed by atoms with Crippen LogP contribution in [0.4, 0.5) is 5.13 Å². The molecule has 132 valence electrons. The third-order valence-electron chi connectivity index (χ3n) is 4.33. The number of nitrogens with one attached hydrogen (secondary N) is 1. The van der Waals surface area contributed by atoms with Crippen molar-refractivity contribution in [3.05, 3.63) is 47.0 Å². The van der Waals surface area contributed by atoms with Crippen LogP contribution < -0.4 is 10.2 Å². The first kappa shape index (κ1) is 17.4. The second-order valence-corrected chi connectivity index (χ2v) is 6.92. The molecule has 0 aliphatic carbocycles. The lowest BCUT2D eigenvalue weighted by molar-refractivity contribution is 0.0600. The van der Waals surface area contributed by atoms with Crippen molar-refractivity contribution in [1.82, 2.24) is 10.3 Å². The minimum atomic E-state index is -0.406. The van der Waals surface area contributed by atoms with Crippen LogP contribution in [0, 0.1) is 5.92 Å². The third-order valence-corrected chi connectivity index (χ3v) is 5.16. The number of methoxy groups -OCH3 is 1. The van der Waals surface area contributed by atoms with Crippen LogP contribution in [-0.4, -0.2) is 43.6 Å². The average Bonchev–Trinajstić information content (AvgIpc) is 3.20. The normalized spacial score (nSPS) is 17.2. The van der Waals surface area contributed by atoms with Crippen molar-refractivity contribution in [3.8, 4) is 0 Å². The Morgan fingerprint density at radius 2 is 2.08 bits per heavy atom. The summed E-state index contributed by atoms with van der Waals surface area (Å²) < 4.78 is 4.66. The SMILES string of the molecule is COC(=O)c1ccc(C(=O)NCC2CCCN(c3nccs3)C2)cc1. The Morgan fingerprint density at radius 3 is 2.76 bits per heavy atom. The van der Waals surface area contributed by atoms with E-state index in [-0.39, 0.29) is 5.91 Å². The number of aromatic nitrogens is 1. The van der Waals surface area contributed by atoms with Crippen LogP contribution in [-0.2, 0) is 4.74 Å². The number of ether oxygens (including phenoxy) is 1. The number of benzene rings is 1. The molecular formula is C18H21N3O3S. The van der Waals surface area contributed by atoms with E-state index in [1.54, 1.807) is 35.6 Å². The molecule has 7 heteroatoms. The Kier molecular flexibility index (Phi) is 5.65. The first-order valence-corrected chi connectivity index (χ1v) is 9.16. The van der Waals surface area contributed by atoms with Gasteiger partial charge < -0.3 is 15.0 Å². The molecule has 2 aromatic rings. The van der Waals surface area contributed by atoms with Crippen LogP contribution in [0.3, 0.4) is 0 Å². The van der Waals surface area contributed by atoms with Gasteiger partial charge in [0.1, 0.15) is 0 Å². The molecule has 0 bridgehead atoms. The lowest BCUT2D eigenvalue weighted by Gasteiger charge is -2.32. The van der Waals surface area contributed by atoms with Gasteiger partial charge in [-0.25, -0.2) is 9.78 Å². The molecule has 1 N–H and O–H groups in total. The van der Waals surface area contributed by atoms with Gasteiger partial charge in [0.25, 0.3) is 5.91 Å². The summed E-state index contributed by atoms with van der Waals surface area (Å²) in [5.74, 6) is -0.116. The number of esters is 1. The van der Waals surface area contributed by atoms with Gasteiger partial charge in [0, 0.05) is 36.8 Å².